The van der Waals surface area contributed by atoms with Gasteiger partial charge < -0.3 is 10.6 Å². The molecule has 1 aliphatic carbocycles. The van der Waals surface area contributed by atoms with Crippen molar-refractivity contribution in [2.45, 2.75) is 45.7 Å². The molecule has 1 fully saturated rings. The van der Waals surface area contributed by atoms with Crippen molar-refractivity contribution in [1.29, 1.82) is 0 Å². The van der Waals surface area contributed by atoms with Crippen molar-refractivity contribution in [3.63, 3.8) is 0 Å². The van der Waals surface area contributed by atoms with Crippen LogP contribution in [-0.2, 0) is 11.3 Å². The first-order valence-electron chi connectivity index (χ1n) is 7.04. The standard InChI is InChI=1S/C16H24N2O/c1-11-4-5-14(12(2)8-11)10-18(3)16(19)13-6-7-15(17)9-13/h4-5,8,13,15H,6-7,9-10,17H2,1-3H3. The van der Waals surface area contributed by atoms with Crippen molar-refractivity contribution < 1.29 is 4.79 Å². The quantitative estimate of drug-likeness (QED) is 0.907. The molecule has 0 saturated heterocycles. The van der Waals surface area contributed by atoms with Crippen molar-refractivity contribution in [2.75, 3.05) is 7.05 Å². The van der Waals surface area contributed by atoms with E-state index in [-0.39, 0.29) is 17.9 Å². The molecule has 1 aliphatic rings. The highest BCUT2D eigenvalue weighted by molar-refractivity contribution is 5.79. The second kappa shape index (κ2) is 5.74. The Morgan fingerprint density at radius 2 is 2.11 bits per heavy atom. The van der Waals surface area contributed by atoms with Crippen molar-refractivity contribution in [3.8, 4) is 0 Å². The lowest BCUT2D eigenvalue weighted by atomic mass is 10.0. The van der Waals surface area contributed by atoms with Gasteiger partial charge in [-0.1, -0.05) is 23.8 Å². The lowest BCUT2D eigenvalue weighted by molar-refractivity contribution is -0.134. The van der Waals surface area contributed by atoms with Crippen LogP contribution in [0.2, 0.25) is 0 Å². The van der Waals surface area contributed by atoms with E-state index in [9.17, 15) is 4.79 Å². The molecule has 2 rings (SSSR count). The zero-order valence-corrected chi connectivity index (χ0v) is 12.1. The van der Waals surface area contributed by atoms with Gasteiger partial charge in [0.2, 0.25) is 5.91 Å². The number of nitrogens with two attached hydrogens (primary N) is 1. The highest BCUT2D eigenvalue weighted by Crippen LogP contribution is 2.26. The van der Waals surface area contributed by atoms with E-state index >= 15 is 0 Å². The Bertz CT molecular complexity index is 470. The van der Waals surface area contributed by atoms with E-state index in [4.69, 9.17) is 5.73 Å². The normalized spacial score (nSPS) is 22.5. The minimum Gasteiger partial charge on any atom is -0.341 e. The lowest BCUT2D eigenvalue weighted by Crippen LogP contribution is -2.32. The maximum absolute atomic E-state index is 12.3. The van der Waals surface area contributed by atoms with Gasteiger partial charge in [0.1, 0.15) is 0 Å². The van der Waals surface area contributed by atoms with Crippen LogP contribution in [0.3, 0.4) is 0 Å². The highest BCUT2D eigenvalue weighted by Gasteiger charge is 2.29. The maximum Gasteiger partial charge on any atom is 0.225 e. The van der Waals surface area contributed by atoms with Gasteiger partial charge in [-0.25, -0.2) is 0 Å². The smallest absolute Gasteiger partial charge is 0.225 e. The average Bonchev–Trinajstić information content (AvgIpc) is 2.78. The number of nitrogens with zero attached hydrogens (tertiary/aromatic N) is 1. The van der Waals surface area contributed by atoms with Gasteiger partial charge in [0.05, 0.1) is 0 Å². The number of amides is 1. The van der Waals surface area contributed by atoms with Crippen LogP contribution in [0.1, 0.15) is 36.0 Å². The van der Waals surface area contributed by atoms with Crippen molar-refractivity contribution in [2.24, 2.45) is 11.7 Å². The predicted molar refractivity (Wildman–Crippen MR) is 77.7 cm³/mol. The fraction of sp³-hybridized carbons (Fsp3) is 0.562. The maximum atomic E-state index is 12.3. The van der Waals surface area contributed by atoms with Gasteiger partial charge in [-0.05, 0) is 44.2 Å². The van der Waals surface area contributed by atoms with Crippen molar-refractivity contribution >= 4 is 5.91 Å². The van der Waals surface area contributed by atoms with Crippen LogP contribution in [0.25, 0.3) is 0 Å². The van der Waals surface area contributed by atoms with Crippen LogP contribution in [0.5, 0.6) is 0 Å². The Hall–Kier alpha value is -1.35. The van der Waals surface area contributed by atoms with Gasteiger partial charge in [0, 0.05) is 25.6 Å². The molecule has 0 bridgehead atoms. The van der Waals surface area contributed by atoms with Crippen LogP contribution in [-0.4, -0.2) is 23.9 Å². The fourth-order valence-corrected chi connectivity index (χ4v) is 2.91. The average molecular weight is 260 g/mol. The molecule has 19 heavy (non-hydrogen) atoms. The Morgan fingerprint density at radius 1 is 1.37 bits per heavy atom. The monoisotopic (exact) mass is 260 g/mol. The summed E-state index contributed by atoms with van der Waals surface area (Å²) in [6.07, 6.45) is 2.76. The molecule has 3 nitrogen and oxygen atoms in total. The van der Waals surface area contributed by atoms with E-state index in [1.807, 2.05) is 11.9 Å². The predicted octanol–water partition coefficient (Wildman–Crippen LogP) is 2.39. The molecule has 0 radical (unpaired) electrons. The molecule has 1 amide bonds. The molecule has 1 saturated carbocycles. The Balaban J connectivity index is 2.00. The third kappa shape index (κ3) is 3.35. The van der Waals surface area contributed by atoms with Gasteiger partial charge in [0.15, 0.2) is 0 Å². The fourth-order valence-electron chi connectivity index (χ4n) is 2.91. The molecule has 0 aliphatic heterocycles. The van der Waals surface area contributed by atoms with Gasteiger partial charge >= 0.3 is 0 Å². The topological polar surface area (TPSA) is 46.3 Å². The summed E-state index contributed by atoms with van der Waals surface area (Å²) in [4.78, 5) is 14.2. The van der Waals surface area contributed by atoms with Crippen LogP contribution in [0.15, 0.2) is 18.2 Å². The summed E-state index contributed by atoms with van der Waals surface area (Å²) in [5.41, 5.74) is 9.63. The molecular weight excluding hydrogens is 236 g/mol. The first kappa shape index (κ1) is 14.1. The molecule has 1 aromatic rings. The molecule has 2 N–H and O–H groups in total. The Morgan fingerprint density at radius 3 is 2.68 bits per heavy atom. The van der Waals surface area contributed by atoms with Gasteiger partial charge in [-0.15, -0.1) is 0 Å². The largest absolute Gasteiger partial charge is 0.341 e. The lowest BCUT2D eigenvalue weighted by Gasteiger charge is -2.22. The third-order valence-electron chi connectivity index (χ3n) is 4.10. The second-order valence-electron chi connectivity index (χ2n) is 5.89. The summed E-state index contributed by atoms with van der Waals surface area (Å²) >= 11 is 0. The molecule has 3 heteroatoms. The summed E-state index contributed by atoms with van der Waals surface area (Å²) in [7, 11) is 1.89. The number of hydrogen-bond acceptors (Lipinski definition) is 2. The Kier molecular flexibility index (Phi) is 4.25. The first-order valence-corrected chi connectivity index (χ1v) is 7.04. The van der Waals surface area contributed by atoms with Crippen LogP contribution >= 0.6 is 0 Å². The number of rotatable bonds is 3. The summed E-state index contributed by atoms with van der Waals surface area (Å²) in [5.74, 6) is 0.374. The number of aryl methyl sites for hydroxylation is 2. The van der Waals surface area contributed by atoms with Gasteiger partial charge in [-0.2, -0.15) is 0 Å². The molecule has 2 atom stereocenters. The summed E-state index contributed by atoms with van der Waals surface area (Å²) in [6, 6.07) is 6.60. The first-order chi connectivity index (χ1) is 8.97. The molecule has 0 aromatic heterocycles. The molecule has 0 spiro atoms. The Labute approximate surface area is 115 Å². The number of benzene rings is 1. The minimum atomic E-state index is 0.130. The van der Waals surface area contributed by atoms with Crippen molar-refractivity contribution in [3.05, 3.63) is 34.9 Å². The second-order valence-corrected chi connectivity index (χ2v) is 5.89. The molecule has 0 heterocycles. The van der Waals surface area contributed by atoms with E-state index in [1.54, 1.807) is 0 Å². The zero-order chi connectivity index (χ0) is 14.0. The van der Waals surface area contributed by atoms with Crippen LogP contribution < -0.4 is 5.73 Å². The summed E-state index contributed by atoms with van der Waals surface area (Å²) in [6.45, 7) is 4.88. The summed E-state index contributed by atoms with van der Waals surface area (Å²) < 4.78 is 0. The number of carbonyl (C=O) groups excluding carboxylic acids is 1. The summed E-state index contributed by atoms with van der Waals surface area (Å²) in [5, 5.41) is 0. The highest BCUT2D eigenvalue weighted by atomic mass is 16.2. The SMILES string of the molecule is Cc1ccc(CN(C)C(=O)C2CCC(N)C2)c(C)c1. The zero-order valence-electron chi connectivity index (χ0n) is 12.1. The third-order valence-corrected chi connectivity index (χ3v) is 4.10. The van der Waals surface area contributed by atoms with Gasteiger partial charge in [-0.3, -0.25) is 4.79 Å². The number of hydrogen-bond donors (Lipinski definition) is 1. The van der Waals surface area contributed by atoms with E-state index in [2.05, 4.69) is 32.0 Å². The van der Waals surface area contributed by atoms with E-state index in [0.29, 0.717) is 6.54 Å². The van der Waals surface area contributed by atoms with Crippen LogP contribution in [0, 0.1) is 19.8 Å². The van der Waals surface area contributed by atoms with E-state index in [1.165, 1.54) is 16.7 Å². The molecular formula is C16H24N2O. The molecule has 2 unspecified atom stereocenters. The van der Waals surface area contributed by atoms with Crippen LogP contribution in [0.4, 0.5) is 0 Å². The molecule has 1 aromatic carbocycles. The van der Waals surface area contributed by atoms with Gasteiger partial charge in [0.25, 0.3) is 0 Å². The van der Waals surface area contributed by atoms with E-state index < -0.39 is 0 Å². The molecule has 104 valence electrons. The number of carbonyl (C=O) groups is 1. The van der Waals surface area contributed by atoms with E-state index in [0.717, 1.165) is 19.3 Å². The van der Waals surface area contributed by atoms with Crippen molar-refractivity contribution in [1.82, 2.24) is 4.90 Å². The minimum absolute atomic E-state index is 0.130.